The molecule has 0 aromatic heterocycles. The molecule has 2 aromatic rings. The number of anilines is 1. The van der Waals surface area contributed by atoms with Gasteiger partial charge in [0.15, 0.2) is 0 Å². The van der Waals surface area contributed by atoms with Gasteiger partial charge in [0.1, 0.15) is 6.61 Å². The van der Waals surface area contributed by atoms with Crippen molar-refractivity contribution in [3.63, 3.8) is 0 Å². The molecule has 0 aliphatic heterocycles. The number of hydrogen-bond acceptors (Lipinski definition) is 4. The summed E-state index contributed by atoms with van der Waals surface area (Å²) in [5.74, 6) is -1.46. The Morgan fingerprint density at radius 2 is 1.81 bits per heavy atom. The molecule has 0 heterocycles. The number of nitrogen functional groups attached to an aromatic ring is 1. The van der Waals surface area contributed by atoms with Gasteiger partial charge in [0.2, 0.25) is 0 Å². The molecular weight excluding hydrogens is 270 g/mol. The predicted molar refractivity (Wildman–Crippen MR) is 77.8 cm³/mol. The van der Waals surface area contributed by atoms with Crippen molar-refractivity contribution < 1.29 is 19.4 Å². The van der Waals surface area contributed by atoms with Crippen LogP contribution in [0.15, 0.2) is 48.5 Å². The summed E-state index contributed by atoms with van der Waals surface area (Å²) in [5, 5.41) is 8.73. The van der Waals surface area contributed by atoms with E-state index in [1.165, 1.54) is 18.2 Å². The van der Waals surface area contributed by atoms with Gasteiger partial charge in [0.25, 0.3) is 0 Å². The molecule has 3 N–H and O–H groups in total. The average molecular weight is 285 g/mol. The van der Waals surface area contributed by atoms with Gasteiger partial charge in [-0.25, -0.2) is 4.79 Å². The van der Waals surface area contributed by atoms with E-state index in [9.17, 15) is 9.59 Å². The Bertz CT molecular complexity index is 653. The maximum Gasteiger partial charge on any atom is 0.338 e. The number of carbonyl (C=O) groups is 2. The van der Waals surface area contributed by atoms with Crippen LogP contribution in [0.1, 0.15) is 21.5 Å². The first kappa shape index (κ1) is 14.6. The minimum Gasteiger partial charge on any atom is -0.481 e. The fraction of sp³-hybridized carbons (Fsp3) is 0.125. The molecule has 0 saturated carbocycles. The first-order valence-corrected chi connectivity index (χ1v) is 6.37. The summed E-state index contributed by atoms with van der Waals surface area (Å²) in [6.45, 7) is 0.177. The lowest BCUT2D eigenvalue weighted by molar-refractivity contribution is -0.136. The van der Waals surface area contributed by atoms with Crippen LogP contribution in [-0.2, 0) is 22.6 Å². The van der Waals surface area contributed by atoms with Crippen LogP contribution < -0.4 is 5.73 Å². The zero-order valence-electron chi connectivity index (χ0n) is 11.3. The van der Waals surface area contributed by atoms with Crippen molar-refractivity contribution >= 4 is 17.6 Å². The predicted octanol–water partition coefficient (Wildman–Crippen LogP) is 2.25. The zero-order chi connectivity index (χ0) is 15.2. The van der Waals surface area contributed by atoms with E-state index >= 15 is 0 Å². The third kappa shape index (κ3) is 4.07. The molecule has 0 spiro atoms. The molecule has 0 saturated heterocycles. The molecule has 0 radical (unpaired) electrons. The van der Waals surface area contributed by atoms with Crippen molar-refractivity contribution in [2.45, 2.75) is 13.0 Å². The summed E-state index contributed by atoms with van der Waals surface area (Å²) >= 11 is 0. The second kappa shape index (κ2) is 6.56. The highest BCUT2D eigenvalue weighted by Gasteiger charge is 2.11. The van der Waals surface area contributed by atoms with Crippen LogP contribution in [0, 0.1) is 0 Å². The largest absolute Gasteiger partial charge is 0.481 e. The molecule has 21 heavy (non-hydrogen) atoms. The van der Waals surface area contributed by atoms with Crippen LogP contribution in [0.3, 0.4) is 0 Å². The number of hydrogen-bond donors (Lipinski definition) is 2. The second-order valence-electron chi connectivity index (χ2n) is 4.55. The van der Waals surface area contributed by atoms with Crippen molar-refractivity contribution in [2.24, 2.45) is 0 Å². The highest BCUT2D eigenvalue weighted by Crippen LogP contribution is 2.16. The fourth-order valence-corrected chi connectivity index (χ4v) is 1.85. The number of esters is 1. The van der Waals surface area contributed by atoms with E-state index in [0.717, 1.165) is 5.56 Å². The van der Waals surface area contributed by atoms with Crippen LogP contribution in [0.2, 0.25) is 0 Å². The van der Waals surface area contributed by atoms with E-state index in [1.54, 1.807) is 0 Å². The lowest BCUT2D eigenvalue weighted by Gasteiger charge is -2.07. The number of carboxylic acids is 1. The molecule has 0 aliphatic carbocycles. The second-order valence-corrected chi connectivity index (χ2v) is 4.55. The van der Waals surface area contributed by atoms with Gasteiger partial charge in [-0.05, 0) is 23.3 Å². The number of ether oxygens (including phenoxy) is 1. The smallest absolute Gasteiger partial charge is 0.338 e. The number of rotatable bonds is 5. The standard InChI is InChI=1S/C16H15NO4/c17-14-8-13(7-6-12(14)9-15(18)19)16(20)21-10-11-4-2-1-3-5-11/h1-8H,9-10,17H2,(H,18,19). The van der Waals surface area contributed by atoms with E-state index < -0.39 is 11.9 Å². The van der Waals surface area contributed by atoms with Gasteiger partial charge in [-0.3, -0.25) is 4.79 Å². The molecular formula is C16H15NO4. The van der Waals surface area contributed by atoms with Crippen LogP contribution >= 0.6 is 0 Å². The van der Waals surface area contributed by atoms with E-state index in [0.29, 0.717) is 11.1 Å². The van der Waals surface area contributed by atoms with E-state index in [1.807, 2.05) is 30.3 Å². The Hall–Kier alpha value is -2.82. The van der Waals surface area contributed by atoms with E-state index in [-0.39, 0.29) is 18.7 Å². The summed E-state index contributed by atoms with van der Waals surface area (Å²) < 4.78 is 5.18. The van der Waals surface area contributed by atoms with Gasteiger partial charge in [-0.2, -0.15) is 0 Å². The molecule has 108 valence electrons. The van der Waals surface area contributed by atoms with Crippen molar-refractivity contribution in [3.05, 3.63) is 65.2 Å². The molecule has 5 nitrogen and oxygen atoms in total. The monoisotopic (exact) mass is 285 g/mol. The lowest BCUT2D eigenvalue weighted by Crippen LogP contribution is -2.08. The Balaban J connectivity index is 2.02. The molecule has 0 fully saturated rings. The van der Waals surface area contributed by atoms with Crippen LogP contribution in [0.25, 0.3) is 0 Å². The van der Waals surface area contributed by atoms with Gasteiger partial charge in [0.05, 0.1) is 12.0 Å². The van der Waals surface area contributed by atoms with E-state index in [2.05, 4.69) is 0 Å². The highest BCUT2D eigenvalue weighted by atomic mass is 16.5. The Kier molecular flexibility index (Phi) is 4.56. The topological polar surface area (TPSA) is 89.6 Å². The lowest BCUT2D eigenvalue weighted by atomic mass is 10.1. The molecule has 2 rings (SSSR count). The summed E-state index contributed by atoms with van der Waals surface area (Å²) in [5.41, 5.74) is 7.68. The first-order valence-electron chi connectivity index (χ1n) is 6.37. The van der Waals surface area contributed by atoms with Crippen LogP contribution in [-0.4, -0.2) is 17.0 Å². The SMILES string of the molecule is Nc1cc(C(=O)OCc2ccccc2)ccc1CC(=O)O. The van der Waals surface area contributed by atoms with Gasteiger partial charge in [-0.15, -0.1) is 0 Å². The Labute approximate surface area is 122 Å². The molecule has 0 aliphatic rings. The molecule has 5 heteroatoms. The third-order valence-corrected chi connectivity index (χ3v) is 2.94. The Morgan fingerprint density at radius 1 is 1.10 bits per heavy atom. The normalized spacial score (nSPS) is 10.1. The molecule has 0 unspecified atom stereocenters. The minimum absolute atomic E-state index is 0.175. The van der Waals surface area contributed by atoms with E-state index in [4.69, 9.17) is 15.6 Å². The van der Waals surface area contributed by atoms with Gasteiger partial charge in [-0.1, -0.05) is 36.4 Å². The molecule has 0 amide bonds. The first-order chi connectivity index (χ1) is 10.1. The van der Waals surface area contributed by atoms with Gasteiger partial charge in [0, 0.05) is 5.69 Å². The summed E-state index contributed by atoms with van der Waals surface area (Å²) in [7, 11) is 0. The number of benzene rings is 2. The highest BCUT2D eigenvalue weighted by molar-refractivity contribution is 5.91. The number of nitrogens with two attached hydrogens (primary N) is 1. The van der Waals surface area contributed by atoms with Crippen LogP contribution in [0.5, 0.6) is 0 Å². The van der Waals surface area contributed by atoms with Crippen molar-refractivity contribution in [2.75, 3.05) is 5.73 Å². The summed E-state index contributed by atoms with van der Waals surface area (Å²) in [6.07, 6.45) is -0.175. The zero-order valence-corrected chi connectivity index (χ0v) is 11.3. The number of carboxylic acid groups (broad SMARTS) is 1. The molecule has 0 bridgehead atoms. The van der Waals surface area contributed by atoms with Crippen molar-refractivity contribution in [3.8, 4) is 0 Å². The summed E-state index contributed by atoms with van der Waals surface area (Å²) in [6, 6.07) is 13.8. The maximum absolute atomic E-state index is 11.9. The van der Waals surface area contributed by atoms with Crippen molar-refractivity contribution in [1.29, 1.82) is 0 Å². The molecule has 2 aromatic carbocycles. The van der Waals surface area contributed by atoms with Gasteiger partial charge < -0.3 is 15.6 Å². The third-order valence-electron chi connectivity index (χ3n) is 2.94. The van der Waals surface area contributed by atoms with Gasteiger partial charge >= 0.3 is 11.9 Å². The maximum atomic E-state index is 11.9. The number of carbonyl (C=O) groups excluding carboxylic acids is 1. The quantitative estimate of drug-likeness (QED) is 0.649. The van der Waals surface area contributed by atoms with Crippen LogP contribution in [0.4, 0.5) is 5.69 Å². The average Bonchev–Trinajstić information content (AvgIpc) is 2.47. The fourth-order valence-electron chi connectivity index (χ4n) is 1.85. The molecule has 0 atom stereocenters. The van der Waals surface area contributed by atoms with Crippen molar-refractivity contribution in [1.82, 2.24) is 0 Å². The summed E-state index contributed by atoms with van der Waals surface area (Å²) in [4.78, 5) is 22.6. The minimum atomic E-state index is -0.971. The number of aliphatic carboxylic acids is 1. The Morgan fingerprint density at radius 3 is 2.43 bits per heavy atom.